The Morgan fingerprint density at radius 2 is 2.10 bits per heavy atom. The number of sulfonamides is 1. The van der Waals surface area contributed by atoms with Crippen LogP contribution in [0.2, 0.25) is 5.02 Å². The molecule has 1 aliphatic heterocycles. The zero-order chi connectivity index (χ0) is 14.8. The predicted molar refractivity (Wildman–Crippen MR) is 77.5 cm³/mol. The Bertz CT molecular complexity index is 623. The Morgan fingerprint density at radius 3 is 2.70 bits per heavy atom. The van der Waals surface area contributed by atoms with Crippen LogP contribution in [0.4, 0.5) is 0 Å². The van der Waals surface area contributed by atoms with Gasteiger partial charge in [0.1, 0.15) is 5.02 Å². The first kappa shape index (κ1) is 15.5. The average Bonchev–Trinajstić information content (AvgIpc) is 2.93. The zero-order valence-corrected chi connectivity index (χ0v) is 12.8. The topological polar surface area (TPSA) is 82.3 Å². The minimum atomic E-state index is -3.66. The number of aromatic amines is 1. The lowest BCUT2D eigenvalue weighted by molar-refractivity contribution is 0.260. The molecule has 2 heterocycles. The maximum atomic E-state index is 12.1. The van der Waals surface area contributed by atoms with E-state index in [2.05, 4.69) is 14.6 Å². The van der Waals surface area contributed by atoms with E-state index in [0.717, 1.165) is 38.2 Å². The van der Waals surface area contributed by atoms with Crippen molar-refractivity contribution < 1.29 is 8.42 Å². The summed E-state index contributed by atoms with van der Waals surface area (Å²) >= 11 is 5.64. The van der Waals surface area contributed by atoms with Crippen LogP contribution in [0.25, 0.3) is 0 Å². The monoisotopic (exact) mass is 319 g/mol. The summed E-state index contributed by atoms with van der Waals surface area (Å²) in [5.41, 5.74) is -0.504. The summed E-state index contributed by atoms with van der Waals surface area (Å²) in [5, 5.41) is -0.138. The smallest absolute Gasteiger partial charge is 0.266 e. The second-order valence-electron chi connectivity index (χ2n) is 4.96. The van der Waals surface area contributed by atoms with E-state index in [-0.39, 0.29) is 16.0 Å². The molecule has 0 radical (unpaired) electrons. The second kappa shape index (κ2) is 6.26. The summed E-state index contributed by atoms with van der Waals surface area (Å²) in [4.78, 5) is 15.6. The molecular weight excluding hydrogens is 302 g/mol. The zero-order valence-electron chi connectivity index (χ0n) is 11.2. The molecule has 8 heteroatoms. The summed E-state index contributed by atoms with van der Waals surface area (Å²) in [6.07, 6.45) is 3.47. The van der Waals surface area contributed by atoms with E-state index in [4.69, 9.17) is 11.6 Å². The summed E-state index contributed by atoms with van der Waals surface area (Å²) in [7, 11) is -3.66. The van der Waals surface area contributed by atoms with E-state index in [0.29, 0.717) is 6.54 Å². The van der Waals surface area contributed by atoms with Crippen LogP contribution in [0.15, 0.2) is 22.0 Å². The van der Waals surface area contributed by atoms with Crippen LogP contribution in [0, 0.1) is 0 Å². The third-order valence-electron chi connectivity index (χ3n) is 3.47. The largest absolute Gasteiger partial charge is 0.326 e. The fraction of sp³-hybridized carbons (Fsp3) is 0.583. The van der Waals surface area contributed by atoms with Gasteiger partial charge in [0.15, 0.2) is 0 Å². The molecule has 0 bridgehead atoms. The molecule has 0 aliphatic carbocycles. The lowest BCUT2D eigenvalue weighted by Gasteiger charge is -2.23. The molecule has 1 fully saturated rings. The van der Waals surface area contributed by atoms with Crippen LogP contribution in [0.5, 0.6) is 0 Å². The van der Waals surface area contributed by atoms with Gasteiger partial charge in [0.2, 0.25) is 10.0 Å². The lowest BCUT2D eigenvalue weighted by Crippen LogP contribution is -2.40. The van der Waals surface area contributed by atoms with E-state index < -0.39 is 15.6 Å². The van der Waals surface area contributed by atoms with Crippen LogP contribution in [0.3, 0.4) is 0 Å². The summed E-state index contributed by atoms with van der Waals surface area (Å²) in [6.45, 7) is 4.34. The van der Waals surface area contributed by atoms with Crippen molar-refractivity contribution in [1.82, 2.24) is 14.6 Å². The number of halogens is 1. The molecule has 112 valence electrons. The molecule has 0 aromatic carbocycles. The van der Waals surface area contributed by atoms with Crippen LogP contribution < -0.4 is 10.3 Å². The SMILES string of the molecule is CC(CNS(=O)(=O)c1c[nH]c(=O)c(Cl)c1)N1CCCC1. The van der Waals surface area contributed by atoms with Crippen LogP contribution in [-0.4, -0.2) is 44.0 Å². The van der Waals surface area contributed by atoms with Gasteiger partial charge in [0, 0.05) is 18.8 Å². The van der Waals surface area contributed by atoms with Gasteiger partial charge in [-0.1, -0.05) is 11.6 Å². The number of likely N-dealkylation sites (tertiary alicyclic amines) is 1. The molecule has 1 atom stereocenters. The van der Waals surface area contributed by atoms with Crippen LogP contribution >= 0.6 is 11.6 Å². The number of hydrogen-bond acceptors (Lipinski definition) is 4. The average molecular weight is 320 g/mol. The van der Waals surface area contributed by atoms with Crippen LogP contribution in [0.1, 0.15) is 19.8 Å². The van der Waals surface area contributed by atoms with Crippen molar-refractivity contribution >= 4 is 21.6 Å². The Hall–Kier alpha value is -0.890. The summed E-state index contributed by atoms with van der Waals surface area (Å²) < 4.78 is 26.8. The summed E-state index contributed by atoms with van der Waals surface area (Å²) in [6, 6.07) is 1.30. The minimum Gasteiger partial charge on any atom is -0.326 e. The van der Waals surface area contributed by atoms with Crippen LogP contribution in [-0.2, 0) is 10.0 Å². The summed E-state index contributed by atoms with van der Waals surface area (Å²) in [5.74, 6) is 0. The Kier molecular flexibility index (Phi) is 4.85. The highest BCUT2D eigenvalue weighted by molar-refractivity contribution is 7.89. The highest BCUT2D eigenvalue weighted by Crippen LogP contribution is 2.13. The molecule has 1 aromatic rings. The van der Waals surface area contributed by atoms with Gasteiger partial charge in [-0.05, 0) is 38.9 Å². The number of nitrogens with zero attached hydrogens (tertiary/aromatic N) is 1. The molecule has 0 spiro atoms. The maximum Gasteiger partial charge on any atom is 0.266 e. The third kappa shape index (κ3) is 3.60. The molecule has 1 aromatic heterocycles. The van der Waals surface area contributed by atoms with Gasteiger partial charge in [-0.15, -0.1) is 0 Å². The molecule has 0 amide bonds. The molecule has 20 heavy (non-hydrogen) atoms. The van der Waals surface area contributed by atoms with Crippen molar-refractivity contribution in [2.75, 3.05) is 19.6 Å². The standard InChI is InChI=1S/C12H18ClN3O3S/c1-9(16-4-2-3-5-16)7-15-20(18,19)10-6-11(13)12(17)14-8-10/h6,8-9,15H,2-5,7H2,1H3,(H,14,17). The van der Waals surface area contributed by atoms with Crippen molar-refractivity contribution in [1.29, 1.82) is 0 Å². The van der Waals surface area contributed by atoms with E-state index in [1.807, 2.05) is 6.92 Å². The fourth-order valence-electron chi connectivity index (χ4n) is 2.22. The van der Waals surface area contributed by atoms with E-state index in [1.54, 1.807) is 0 Å². The number of rotatable bonds is 5. The molecule has 1 unspecified atom stereocenters. The molecular formula is C12H18ClN3O3S. The first-order valence-electron chi connectivity index (χ1n) is 6.52. The molecule has 1 saturated heterocycles. The highest BCUT2D eigenvalue weighted by atomic mass is 35.5. The first-order valence-corrected chi connectivity index (χ1v) is 8.38. The van der Waals surface area contributed by atoms with Crippen molar-refractivity contribution in [3.63, 3.8) is 0 Å². The van der Waals surface area contributed by atoms with E-state index in [9.17, 15) is 13.2 Å². The maximum absolute atomic E-state index is 12.1. The fourth-order valence-corrected chi connectivity index (χ4v) is 3.57. The number of nitrogens with one attached hydrogen (secondary N) is 2. The van der Waals surface area contributed by atoms with Gasteiger partial charge in [-0.25, -0.2) is 13.1 Å². The normalized spacial score (nSPS) is 18.3. The van der Waals surface area contributed by atoms with Gasteiger partial charge >= 0.3 is 0 Å². The lowest BCUT2D eigenvalue weighted by atomic mass is 10.3. The van der Waals surface area contributed by atoms with Gasteiger partial charge in [-0.2, -0.15) is 0 Å². The molecule has 1 aliphatic rings. The van der Waals surface area contributed by atoms with Crippen molar-refractivity contribution in [2.45, 2.75) is 30.7 Å². The molecule has 0 saturated carbocycles. The number of pyridine rings is 1. The van der Waals surface area contributed by atoms with Crippen molar-refractivity contribution in [2.24, 2.45) is 0 Å². The van der Waals surface area contributed by atoms with Gasteiger partial charge < -0.3 is 4.98 Å². The quantitative estimate of drug-likeness (QED) is 0.840. The molecule has 2 rings (SSSR count). The number of hydrogen-bond donors (Lipinski definition) is 2. The van der Waals surface area contributed by atoms with Crippen molar-refractivity contribution in [3.05, 3.63) is 27.6 Å². The second-order valence-corrected chi connectivity index (χ2v) is 7.13. The Morgan fingerprint density at radius 1 is 1.45 bits per heavy atom. The molecule has 6 nitrogen and oxygen atoms in total. The van der Waals surface area contributed by atoms with Gasteiger partial charge in [0.05, 0.1) is 4.90 Å². The van der Waals surface area contributed by atoms with Gasteiger partial charge in [-0.3, -0.25) is 9.69 Å². The highest BCUT2D eigenvalue weighted by Gasteiger charge is 2.21. The Labute approximate surface area is 123 Å². The van der Waals surface area contributed by atoms with E-state index >= 15 is 0 Å². The number of H-pyrrole nitrogens is 1. The third-order valence-corrected chi connectivity index (χ3v) is 5.16. The Balaban J connectivity index is 2.03. The van der Waals surface area contributed by atoms with E-state index in [1.165, 1.54) is 0 Å². The van der Waals surface area contributed by atoms with Crippen molar-refractivity contribution in [3.8, 4) is 0 Å². The minimum absolute atomic E-state index is 0.0317. The van der Waals surface area contributed by atoms with Gasteiger partial charge in [0.25, 0.3) is 5.56 Å². The predicted octanol–water partition coefficient (Wildman–Crippen LogP) is 0.791. The number of aromatic nitrogens is 1. The molecule has 2 N–H and O–H groups in total. The first-order chi connectivity index (χ1) is 9.40.